The van der Waals surface area contributed by atoms with Gasteiger partial charge < -0.3 is 0 Å². The summed E-state index contributed by atoms with van der Waals surface area (Å²) < 4.78 is -0.750. The fourth-order valence-electron chi connectivity index (χ4n) is 0.430. The Balaban J connectivity index is 0.000000261. The largest absolute Gasteiger partial charge is 0.180 e. The highest BCUT2D eigenvalue weighted by Crippen LogP contribution is 2.12. The van der Waals surface area contributed by atoms with E-state index in [1.165, 1.54) is 0 Å². The molecule has 0 aromatic heterocycles. The molecule has 5 heteroatoms. The normalized spacial score (nSPS) is 9.17. The number of rotatable bonds is 0. The van der Waals surface area contributed by atoms with E-state index in [4.69, 9.17) is 58.0 Å². The van der Waals surface area contributed by atoms with Gasteiger partial charge in [-0.1, -0.05) is 58.0 Å². The Labute approximate surface area is 96.3 Å². The van der Waals surface area contributed by atoms with Crippen LogP contribution in [-0.4, -0.2) is 4.30 Å². The standard InChI is InChI=1S/C6H4Cl2.CHCl3/c7-5-1-2-6(8)4-3-5;2-1(3)4/h1-4H;1H. The van der Waals surface area contributed by atoms with Gasteiger partial charge >= 0.3 is 0 Å². The lowest BCUT2D eigenvalue weighted by Crippen LogP contribution is -1.60. The van der Waals surface area contributed by atoms with Crippen LogP contribution >= 0.6 is 58.0 Å². The molecule has 0 nitrogen and oxygen atoms in total. The van der Waals surface area contributed by atoms with Crippen LogP contribution in [0.25, 0.3) is 0 Å². The van der Waals surface area contributed by atoms with Gasteiger partial charge in [0.25, 0.3) is 0 Å². The molecule has 1 rings (SSSR count). The van der Waals surface area contributed by atoms with Gasteiger partial charge in [0.05, 0.1) is 0 Å². The summed E-state index contributed by atoms with van der Waals surface area (Å²) in [5.41, 5.74) is 0. The average Bonchev–Trinajstić information content (AvgIpc) is 1.94. The quantitative estimate of drug-likeness (QED) is 0.581. The van der Waals surface area contributed by atoms with E-state index in [0.717, 1.165) is 10.0 Å². The molecule has 0 unspecified atom stereocenters. The Hall–Kier alpha value is 0.670. The van der Waals surface area contributed by atoms with Crippen LogP contribution in [0.1, 0.15) is 0 Å². The number of hydrogen-bond donors (Lipinski definition) is 0. The van der Waals surface area contributed by atoms with Gasteiger partial charge in [0, 0.05) is 10.0 Å². The summed E-state index contributed by atoms with van der Waals surface area (Å²) in [4.78, 5) is 0. The Morgan fingerprint density at radius 3 is 1.08 bits per heavy atom. The first kappa shape index (κ1) is 12.7. The van der Waals surface area contributed by atoms with E-state index in [1.807, 2.05) is 0 Å². The third-order valence-corrected chi connectivity index (χ3v) is 1.31. The van der Waals surface area contributed by atoms with Crippen molar-refractivity contribution in [1.29, 1.82) is 0 Å². The second kappa shape index (κ2) is 7.11. The zero-order valence-corrected chi connectivity index (χ0v) is 9.56. The van der Waals surface area contributed by atoms with E-state index < -0.39 is 4.30 Å². The SMILES string of the molecule is ClC(Cl)Cl.Clc1ccc(Cl)cc1. The van der Waals surface area contributed by atoms with Gasteiger partial charge in [0.15, 0.2) is 4.30 Å². The van der Waals surface area contributed by atoms with E-state index in [1.54, 1.807) is 24.3 Å². The lowest BCUT2D eigenvalue weighted by molar-refractivity contribution is 1.71. The summed E-state index contributed by atoms with van der Waals surface area (Å²) >= 11 is 25.5. The van der Waals surface area contributed by atoms with Crippen LogP contribution in [0.4, 0.5) is 0 Å². The summed E-state index contributed by atoms with van der Waals surface area (Å²) in [6.45, 7) is 0. The highest BCUT2D eigenvalue weighted by atomic mass is 35.6. The maximum atomic E-state index is 5.55. The molecule has 0 aliphatic heterocycles. The van der Waals surface area contributed by atoms with Crippen molar-refractivity contribution >= 4 is 58.0 Å². The highest BCUT2D eigenvalue weighted by molar-refractivity contribution is 6.63. The predicted molar refractivity (Wildman–Crippen MR) is 57.8 cm³/mol. The monoisotopic (exact) mass is 264 g/mol. The Kier molecular flexibility index (Phi) is 7.51. The summed E-state index contributed by atoms with van der Waals surface area (Å²) in [5, 5.41) is 1.43. The van der Waals surface area contributed by atoms with Gasteiger partial charge in [-0.2, -0.15) is 0 Å². The molecule has 0 fully saturated rings. The first-order chi connectivity index (χ1) is 5.52. The zero-order valence-electron chi connectivity index (χ0n) is 5.78. The second-order valence-corrected chi connectivity index (χ2v) is 4.54. The van der Waals surface area contributed by atoms with Gasteiger partial charge in [-0.25, -0.2) is 0 Å². The minimum absolute atomic E-state index is 0.717. The van der Waals surface area contributed by atoms with E-state index in [2.05, 4.69) is 0 Å². The molecular formula is C7H5Cl5. The molecule has 0 atom stereocenters. The molecule has 0 saturated heterocycles. The maximum Gasteiger partial charge on any atom is 0.180 e. The number of halogens is 5. The van der Waals surface area contributed by atoms with Crippen LogP contribution in [0, 0.1) is 0 Å². The topological polar surface area (TPSA) is 0 Å². The lowest BCUT2D eigenvalue weighted by atomic mass is 10.4. The third-order valence-electron chi connectivity index (χ3n) is 0.804. The van der Waals surface area contributed by atoms with Crippen LogP contribution in [0.15, 0.2) is 24.3 Å². The number of hydrogen-bond acceptors (Lipinski definition) is 0. The fraction of sp³-hybridized carbons (Fsp3) is 0.143. The molecule has 12 heavy (non-hydrogen) atoms. The van der Waals surface area contributed by atoms with Gasteiger partial charge in [-0.05, 0) is 24.3 Å². The van der Waals surface area contributed by atoms with Crippen molar-refractivity contribution in [1.82, 2.24) is 0 Å². The molecule has 1 aromatic rings. The first-order valence-corrected chi connectivity index (χ1v) is 4.92. The molecule has 0 amide bonds. The summed E-state index contributed by atoms with van der Waals surface area (Å²) in [7, 11) is 0. The maximum absolute atomic E-state index is 5.55. The minimum atomic E-state index is -0.750. The number of benzene rings is 1. The molecule has 0 spiro atoms. The molecule has 0 saturated carbocycles. The van der Waals surface area contributed by atoms with Crippen LogP contribution in [0.3, 0.4) is 0 Å². The molecule has 0 bridgehead atoms. The Bertz CT molecular complexity index is 182. The van der Waals surface area contributed by atoms with Crippen molar-refractivity contribution in [3.05, 3.63) is 34.3 Å². The number of alkyl halides is 3. The van der Waals surface area contributed by atoms with Crippen LogP contribution in [0.5, 0.6) is 0 Å². The lowest BCUT2D eigenvalue weighted by Gasteiger charge is -1.86. The van der Waals surface area contributed by atoms with Gasteiger partial charge in [-0.15, -0.1) is 0 Å². The Morgan fingerprint density at radius 2 is 0.917 bits per heavy atom. The van der Waals surface area contributed by atoms with Crippen LogP contribution < -0.4 is 0 Å². The van der Waals surface area contributed by atoms with E-state index in [9.17, 15) is 0 Å². The van der Waals surface area contributed by atoms with Crippen molar-refractivity contribution in [3.63, 3.8) is 0 Å². The Morgan fingerprint density at radius 1 is 0.750 bits per heavy atom. The predicted octanol–water partition coefficient (Wildman–Crippen LogP) is 4.98. The summed E-state index contributed by atoms with van der Waals surface area (Å²) in [5.74, 6) is 0. The summed E-state index contributed by atoms with van der Waals surface area (Å²) in [6, 6.07) is 7.02. The minimum Gasteiger partial charge on any atom is -0.0874 e. The van der Waals surface area contributed by atoms with Gasteiger partial charge in [0.1, 0.15) is 0 Å². The molecular weight excluding hydrogens is 261 g/mol. The van der Waals surface area contributed by atoms with Crippen molar-refractivity contribution in [3.8, 4) is 0 Å². The van der Waals surface area contributed by atoms with E-state index in [-0.39, 0.29) is 0 Å². The first-order valence-electron chi connectivity index (χ1n) is 2.85. The molecule has 0 N–H and O–H groups in total. The van der Waals surface area contributed by atoms with Crippen molar-refractivity contribution in [2.24, 2.45) is 0 Å². The third kappa shape index (κ3) is 8.76. The molecule has 0 aliphatic carbocycles. The van der Waals surface area contributed by atoms with E-state index >= 15 is 0 Å². The second-order valence-electron chi connectivity index (χ2n) is 1.68. The van der Waals surface area contributed by atoms with Crippen LogP contribution in [-0.2, 0) is 0 Å². The summed E-state index contributed by atoms with van der Waals surface area (Å²) in [6.07, 6.45) is 0. The molecule has 0 radical (unpaired) electrons. The fourth-order valence-corrected chi connectivity index (χ4v) is 0.682. The van der Waals surface area contributed by atoms with Gasteiger partial charge in [0.2, 0.25) is 0 Å². The van der Waals surface area contributed by atoms with Crippen molar-refractivity contribution in [2.45, 2.75) is 4.30 Å². The molecule has 0 heterocycles. The van der Waals surface area contributed by atoms with Gasteiger partial charge in [-0.3, -0.25) is 0 Å². The van der Waals surface area contributed by atoms with Crippen LogP contribution in [0.2, 0.25) is 10.0 Å². The van der Waals surface area contributed by atoms with E-state index in [0.29, 0.717) is 0 Å². The average molecular weight is 266 g/mol. The highest BCUT2D eigenvalue weighted by Gasteiger charge is 1.83. The smallest absolute Gasteiger partial charge is 0.0874 e. The van der Waals surface area contributed by atoms with Crippen molar-refractivity contribution in [2.75, 3.05) is 0 Å². The molecule has 0 aliphatic rings. The molecule has 1 aromatic carbocycles. The van der Waals surface area contributed by atoms with Crippen molar-refractivity contribution < 1.29 is 0 Å². The zero-order chi connectivity index (χ0) is 9.56. The molecule has 68 valence electrons.